The van der Waals surface area contributed by atoms with Crippen molar-refractivity contribution < 1.29 is 0 Å². The minimum Gasteiger partial charge on any atom is -0.384 e. The molecule has 1 aromatic heterocycles. The lowest BCUT2D eigenvalue weighted by molar-refractivity contribution is 1.14. The Morgan fingerprint density at radius 2 is 1.57 bits per heavy atom. The number of aryl methyl sites for hydroxylation is 1. The first kappa shape index (κ1) is 13.3. The number of anilines is 1. The van der Waals surface area contributed by atoms with Crippen LogP contribution >= 0.6 is 0 Å². The summed E-state index contributed by atoms with van der Waals surface area (Å²) in [7, 11) is 0. The van der Waals surface area contributed by atoms with Crippen LogP contribution in [0.25, 0.3) is 22.6 Å². The molecule has 3 nitrogen and oxygen atoms in total. The molecule has 0 unspecified atom stereocenters. The molecular formula is C18H17N3. The highest BCUT2D eigenvalue weighted by atomic mass is 14.9. The maximum atomic E-state index is 5.94. The minimum atomic E-state index is 0.485. The first-order valence-corrected chi connectivity index (χ1v) is 7.05. The highest BCUT2D eigenvalue weighted by molar-refractivity contribution is 5.67. The van der Waals surface area contributed by atoms with Gasteiger partial charge in [0.15, 0.2) is 5.82 Å². The summed E-state index contributed by atoms with van der Waals surface area (Å²) >= 11 is 0. The van der Waals surface area contributed by atoms with Gasteiger partial charge >= 0.3 is 0 Å². The molecule has 104 valence electrons. The molecule has 3 rings (SSSR count). The van der Waals surface area contributed by atoms with E-state index in [1.165, 1.54) is 5.56 Å². The zero-order valence-corrected chi connectivity index (χ0v) is 12.0. The van der Waals surface area contributed by atoms with Crippen LogP contribution in [0, 0.1) is 0 Å². The third-order valence-electron chi connectivity index (χ3n) is 3.44. The first-order chi connectivity index (χ1) is 10.3. The van der Waals surface area contributed by atoms with Crippen molar-refractivity contribution in [1.82, 2.24) is 9.97 Å². The molecule has 2 aromatic carbocycles. The Kier molecular flexibility index (Phi) is 3.65. The molecule has 3 heteroatoms. The van der Waals surface area contributed by atoms with Crippen molar-refractivity contribution in [2.75, 3.05) is 5.73 Å². The summed E-state index contributed by atoms with van der Waals surface area (Å²) in [6, 6.07) is 20.1. The number of rotatable bonds is 3. The number of nitrogen functional groups attached to an aromatic ring is 1. The highest BCUT2D eigenvalue weighted by Crippen LogP contribution is 2.23. The van der Waals surface area contributed by atoms with Gasteiger partial charge in [-0.2, -0.15) is 0 Å². The highest BCUT2D eigenvalue weighted by Gasteiger charge is 2.07. The molecule has 0 saturated heterocycles. The Morgan fingerprint density at radius 1 is 0.857 bits per heavy atom. The van der Waals surface area contributed by atoms with Gasteiger partial charge in [0.25, 0.3) is 0 Å². The van der Waals surface area contributed by atoms with Gasteiger partial charge in [-0.15, -0.1) is 0 Å². The van der Waals surface area contributed by atoms with Gasteiger partial charge in [0.1, 0.15) is 5.82 Å². The molecule has 0 fully saturated rings. The van der Waals surface area contributed by atoms with E-state index >= 15 is 0 Å². The van der Waals surface area contributed by atoms with Crippen molar-refractivity contribution in [3.8, 4) is 22.6 Å². The van der Waals surface area contributed by atoms with Crippen LogP contribution in [0.5, 0.6) is 0 Å². The standard InChI is InChI=1S/C18H17N3/c1-2-13-8-10-14(11-9-13)16-12-17(19)21-18(20-16)15-6-4-3-5-7-15/h3-12H,2H2,1H3,(H2,19,20,21). The molecular weight excluding hydrogens is 258 g/mol. The summed E-state index contributed by atoms with van der Waals surface area (Å²) < 4.78 is 0. The quantitative estimate of drug-likeness (QED) is 0.787. The summed E-state index contributed by atoms with van der Waals surface area (Å²) in [6.45, 7) is 2.14. The van der Waals surface area contributed by atoms with Gasteiger partial charge in [0, 0.05) is 17.2 Å². The van der Waals surface area contributed by atoms with Crippen molar-refractivity contribution in [3.63, 3.8) is 0 Å². The average Bonchev–Trinajstić information content (AvgIpc) is 2.55. The summed E-state index contributed by atoms with van der Waals surface area (Å²) in [5.41, 5.74) is 10.1. The lowest BCUT2D eigenvalue weighted by atomic mass is 10.1. The van der Waals surface area contributed by atoms with E-state index < -0.39 is 0 Å². The Bertz CT molecular complexity index is 734. The Balaban J connectivity index is 2.05. The molecule has 0 aliphatic heterocycles. The van der Waals surface area contributed by atoms with E-state index in [0.717, 1.165) is 23.2 Å². The van der Waals surface area contributed by atoms with E-state index in [4.69, 9.17) is 5.73 Å². The van der Waals surface area contributed by atoms with Crippen LogP contribution < -0.4 is 5.73 Å². The first-order valence-electron chi connectivity index (χ1n) is 7.05. The monoisotopic (exact) mass is 275 g/mol. The molecule has 0 amide bonds. The number of hydrogen-bond acceptors (Lipinski definition) is 3. The zero-order valence-electron chi connectivity index (χ0n) is 12.0. The van der Waals surface area contributed by atoms with Crippen molar-refractivity contribution >= 4 is 5.82 Å². The van der Waals surface area contributed by atoms with Crippen LogP contribution in [0.1, 0.15) is 12.5 Å². The second-order valence-electron chi connectivity index (χ2n) is 4.92. The van der Waals surface area contributed by atoms with Crippen LogP contribution in [0.2, 0.25) is 0 Å². The molecule has 21 heavy (non-hydrogen) atoms. The summed E-state index contributed by atoms with van der Waals surface area (Å²) in [5, 5.41) is 0. The number of aromatic nitrogens is 2. The van der Waals surface area contributed by atoms with Gasteiger partial charge in [0.2, 0.25) is 0 Å². The third-order valence-corrected chi connectivity index (χ3v) is 3.44. The SMILES string of the molecule is CCc1ccc(-c2cc(N)nc(-c3ccccc3)n2)cc1. The fourth-order valence-corrected chi connectivity index (χ4v) is 2.24. The fraction of sp³-hybridized carbons (Fsp3) is 0.111. The molecule has 0 aliphatic carbocycles. The number of nitrogens with two attached hydrogens (primary N) is 1. The van der Waals surface area contributed by atoms with Gasteiger partial charge in [-0.1, -0.05) is 61.5 Å². The lowest BCUT2D eigenvalue weighted by Crippen LogP contribution is -1.98. The maximum Gasteiger partial charge on any atom is 0.162 e. The topological polar surface area (TPSA) is 51.8 Å². The molecule has 0 atom stereocenters. The summed E-state index contributed by atoms with van der Waals surface area (Å²) in [5.74, 6) is 1.14. The summed E-state index contributed by atoms with van der Waals surface area (Å²) in [4.78, 5) is 8.97. The van der Waals surface area contributed by atoms with Crippen LogP contribution in [0.3, 0.4) is 0 Å². The van der Waals surface area contributed by atoms with Gasteiger partial charge in [0.05, 0.1) is 5.69 Å². The second-order valence-corrected chi connectivity index (χ2v) is 4.92. The van der Waals surface area contributed by atoms with E-state index in [0.29, 0.717) is 11.6 Å². The second kappa shape index (κ2) is 5.75. The Labute approximate surface area is 124 Å². The molecule has 0 bridgehead atoms. The Morgan fingerprint density at radius 3 is 2.24 bits per heavy atom. The predicted octanol–water partition coefficient (Wildman–Crippen LogP) is 3.96. The number of benzene rings is 2. The zero-order chi connectivity index (χ0) is 14.7. The van der Waals surface area contributed by atoms with Gasteiger partial charge in [-0.25, -0.2) is 9.97 Å². The van der Waals surface area contributed by atoms with Crippen LogP contribution in [-0.4, -0.2) is 9.97 Å². The number of hydrogen-bond donors (Lipinski definition) is 1. The van der Waals surface area contributed by atoms with Crippen molar-refractivity contribution in [2.45, 2.75) is 13.3 Å². The lowest BCUT2D eigenvalue weighted by Gasteiger charge is -2.07. The molecule has 1 heterocycles. The largest absolute Gasteiger partial charge is 0.384 e. The van der Waals surface area contributed by atoms with Gasteiger partial charge in [-0.3, -0.25) is 0 Å². The van der Waals surface area contributed by atoms with Crippen molar-refractivity contribution in [1.29, 1.82) is 0 Å². The minimum absolute atomic E-state index is 0.485. The molecule has 3 aromatic rings. The van der Waals surface area contributed by atoms with E-state index in [-0.39, 0.29) is 0 Å². The van der Waals surface area contributed by atoms with E-state index in [2.05, 4.69) is 41.2 Å². The summed E-state index contributed by atoms with van der Waals surface area (Å²) in [6.07, 6.45) is 1.03. The van der Waals surface area contributed by atoms with E-state index in [1.54, 1.807) is 0 Å². The maximum absolute atomic E-state index is 5.94. The molecule has 2 N–H and O–H groups in total. The normalized spacial score (nSPS) is 10.5. The van der Waals surface area contributed by atoms with Crippen LogP contribution in [0.4, 0.5) is 5.82 Å². The third kappa shape index (κ3) is 2.92. The van der Waals surface area contributed by atoms with Crippen molar-refractivity contribution in [2.24, 2.45) is 0 Å². The molecule has 0 aliphatic rings. The van der Waals surface area contributed by atoms with Crippen LogP contribution in [0.15, 0.2) is 60.7 Å². The van der Waals surface area contributed by atoms with Crippen molar-refractivity contribution in [3.05, 3.63) is 66.2 Å². The fourth-order valence-electron chi connectivity index (χ4n) is 2.24. The molecule has 0 spiro atoms. The Hall–Kier alpha value is -2.68. The smallest absolute Gasteiger partial charge is 0.162 e. The predicted molar refractivity (Wildman–Crippen MR) is 86.7 cm³/mol. The van der Waals surface area contributed by atoms with Gasteiger partial charge < -0.3 is 5.73 Å². The van der Waals surface area contributed by atoms with E-state index in [1.807, 2.05) is 36.4 Å². The average molecular weight is 275 g/mol. The molecule has 0 saturated carbocycles. The van der Waals surface area contributed by atoms with Gasteiger partial charge in [-0.05, 0) is 12.0 Å². The van der Waals surface area contributed by atoms with Crippen LogP contribution in [-0.2, 0) is 6.42 Å². The molecule has 0 radical (unpaired) electrons. The van der Waals surface area contributed by atoms with E-state index in [9.17, 15) is 0 Å². The number of nitrogens with zero attached hydrogens (tertiary/aromatic N) is 2.